The van der Waals surface area contributed by atoms with Crippen molar-refractivity contribution in [2.45, 2.75) is 49.3 Å². The van der Waals surface area contributed by atoms with Gasteiger partial charge in [-0.25, -0.2) is 8.42 Å². The molecule has 2 aromatic heterocycles. The molecule has 172 valence electrons. The number of thiophene rings is 1. The third kappa shape index (κ3) is 3.88. The molecule has 1 aliphatic carbocycles. The van der Waals surface area contributed by atoms with E-state index in [9.17, 15) is 13.2 Å². The molecule has 2 aromatic rings. The van der Waals surface area contributed by atoms with Crippen LogP contribution in [0.3, 0.4) is 0 Å². The number of amidine groups is 1. The van der Waals surface area contributed by atoms with Crippen LogP contribution in [0.4, 0.5) is 5.82 Å². The molecule has 1 amide bonds. The Hall–Kier alpha value is -2.17. The maximum atomic E-state index is 13.4. The molecular weight excluding hydrogens is 472 g/mol. The van der Waals surface area contributed by atoms with Crippen LogP contribution in [-0.4, -0.2) is 42.8 Å². The minimum Gasteiger partial charge on any atom is -0.481 e. The summed E-state index contributed by atoms with van der Waals surface area (Å²) in [6.45, 7) is 1.72. The molecular formula is C21H25ClN4O4S2. The summed E-state index contributed by atoms with van der Waals surface area (Å²) in [4.78, 5) is 17.8. The third-order valence-electron chi connectivity index (χ3n) is 6.18. The number of rotatable bonds is 4. The number of carbonyl (C=O) groups is 1. The molecule has 1 spiro atoms. The summed E-state index contributed by atoms with van der Waals surface area (Å²) in [5.41, 5.74) is -1.09. The Balaban J connectivity index is 1.61. The number of carbonyl (C=O) groups excluding carboxylic acids is 1. The number of anilines is 1. The standard InChI is InChI=1S/C21H25ClN4O4S2/c1-20(12-32(28,29)21(19(23)26-20)9-4-3-5-10-21)17-13(22)11-14(31-17)18(27)25-15-7-6-8-16(24-15)30-2/h6-8,11H,3-5,9-10,12H2,1-2H3,(H2,23,26)(H,24,25,27)/t20-/m0/s1. The quantitative estimate of drug-likeness (QED) is 0.588. The number of sulfone groups is 1. The number of pyridine rings is 1. The van der Waals surface area contributed by atoms with Crippen molar-refractivity contribution in [3.05, 3.63) is 39.0 Å². The number of aromatic nitrogens is 1. The summed E-state index contributed by atoms with van der Waals surface area (Å²) in [6.07, 6.45) is 3.51. The molecule has 0 radical (unpaired) electrons. The molecule has 2 fully saturated rings. The van der Waals surface area contributed by atoms with Gasteiger partial charge in [0.05, 0.1) is 33.2 Å². The Labute approximate surface area is 196 Å². The summed E-state index contributed by atoms with van der Waals surface area (Å²) in [6, 6.07) is 6.53. The second-order valence-corrected chi connectivity index (χ2v) is 12.2. The number of halogens is 1. The number of nitrogens with zero attached hydrogens (tertiary/aromatic N) is 1. The summed E-state index contributed by atoms with van der Waals surface area (Å²) < 4.78 is 30.7. The Kier molecular flexibility index (Phi) is 5.98. The summed E-state index contributed by atoms with van der Waals surface area (Å²) >= 11 is 7.58. The number of hydrogen-bond acceptors (Lipinski definition) is 7. The summed E-state index contributed by atoms with van der Waals surface area (Å²) in [5.74, 6) is 0.131. The predicted molar refractivity (Wildman–Crippen MR) is 126 cm³/mol. The zero-order chi connectivity index (χ0) is 23.1. The zero-order valence-corrected chi connectivity index (χ0v) is 20.2. The van der Waals surface area contributed by atoms with Crippen LogP contribution < -0.4 is 15.4 Å². The van der Waals surface area contributed by atoms with Crippen molar-refractivity contribution in [3.8, 4) is 5.88 Å². The van der Waals surface area contributed by atoms with Crippen molar-refractivity contribution >= 4 is 50.3 Å². The maximum absolute atomic E-state index is 13.4. The fraction of sp³-hybridized carbons (Fsp3) is 0.476. The normalized spacial score (nSPS) is 24.0. The number of nitrogens with one attached hydrogen (secondary N) is 3. The van der Waals surface area contributed by atoms with Crippen LogP contribution in [0.15, 0.2) is 24.3 Å². The van der Waals surface area contributed by atoms with Gasteiger partial charge in [0.15, 0.2) is 9.84 Å². The Morgan fingerprint density at radius 2 is 2.03 bits per heavy atom. The molecule has 1 atom stereocenters. The van der Waals surface area contributed by atoms with Gasteiger partial charge in [-0.3, -0.25) is 10.2 Å². The van der Waals surface area contributed by atoms with E-state index in [1.165, 1.54) is 13.2 Å². The molecule has 11 heteroatoms. The molecule has 3 N–H and O–H groups in total. The van der Waals surface area contributed by atoms with E-state index < -0.39 is 26.0 Å². The van der Waals surface area contributed by atoms with E-state index in [2.05, 4.69) is 15.6 Å². The van der Waals surface area contributed by atoms with Crippen molar-refractivity contribution < 1.29 is 17.9 Å². The molecule has 0 unspecified atom stereocenters. The lowest BCUT2D eigenvalue weighted by Gasteiger charge is -2.47. The lowest BCUT2D eigenvalue weighted by Crippen LogP contribution is -2.66. The van der Waals surface area contributed by atoms with Crippen LogP contribution in [0.5, 0.6) is 5.88 Å². The first-order valence-electron chi connectivity index (χ1n) is 10.3. The monoisotopic (exact) mass is 496 g/mol. The number of amides is 1. The van der Waals surface area contributed by atoms with Gasteiger partial charge < -0.3 is 15.4 Å². The molecule has 1 aliphatic heterocycles. The van der Waals surface area contributed by atoms with Crippen LogP contribution in [-0.2, 0) is 15.4 Å². The fourth-order valence-electron chi connectivity index (χ4n) is 4.54. The van der Waals surface area contributed by atoms with Gasteiger partial charge in [-0.15, -0.1) is 11.3 Å². The van der Waals surface area contributed by atoms with E-state index in [1.807, 2.05) is 0 Å². The van der Waals surface area contributed by atoms with Gasteiger partial charge >= 0.3 is 0 Å². The molecule has 3 heterocycles. The third-order valence-corrected chi connectivity index (χ3v) is 10.7. The van der Waals surface area contributed by atoms with E-state index in [-0.39, 0.29) is 16.6 Å². The Morgan fingerprint density at radius 3 is 2.69 bits per heavy atom. The summed E-state index contributed by atoms with van der Waals surface area (Å²) in [5, 5.41) is 14.8. The molecule has 0 aromatic carbocycles. The second kappa shape index (κ2) is 8.31. The highest BCUT2D eigenvalue weighted by atomic mass is 35.5. The smallest absolute Gasteiger partial charge is 0.266 e. The molecule has 8 nitrogen and oxygen atoms in total. The highest BCUT2D eigenvalue weighted by Gasteiger charge is 2.56. The highest BCUT2D eigenvalue weighted by Crippen LogP contribution is 2.45. The van der Waals surface area contributed by atoms with Crippen LogP contribution in [0.1, 0.15) is 53.6 Å². The molecule has 32 heavy (non-hydrogen) atoms. The van der Waals surface area contributed by atoms with Crippen molar-refractivity contribution in [2.24, 2.45) is 0 Å². The average Bonchev–Trinajstić information content (AvgIpc) is 3.15. The minimum atomic E-state index is -3.60. The van der Waals surface area contributed by atoms with Gasteiger partial charge in [0.1, 0.15) is 16.4 Å². The predicted octanol–water partition coefficient (Wildman–Crippen LogP) is 3.97. The van der Waals surface area contributed by atoms with Crippen molar-refractivity contribution in [2.75, 3.05) is 18.2 Å². The number of methoxy groups -OCH3 is 1. The first kappa shape index (κ1) is 23.0. The van der Waals surface area contributed by atoms with Crippen molar-refractivity contribution in [1.82, 2.24) is 10.3 Å². The molecule has 2 aliphatic rings. The molecule has 4 rings (SSSR count). The lowest BCUT2D eigenvalue weighted by atomic mass is 9.86. The zero-order valence-electron chi connectivity index (χ0n) is 17.8. The molecule has 1 saturated carbocycles. The number of hydrogen-bond donors (Lipinski definition) is 3. The Bertz CT molecular complexity index is 1170. The average molecular weight is 497 g/mol. The van der Waals surface area contributed by atoms with Gasteiger partial charge in [0.25, 0.3) is 5.91 Å². The minimum absolute atomic E-state index is 0.0296. The van der Waals surface area contributed by atoms with E-state index in [1.54, 1.807) is 25.1 Å². The SMILES string of the molecule is COc1cccc(NC(=O)c2cc(Cl)c([C@]3(C)CS(=O)(=O)C4(CCCCC4)C(=N)N3)s2)n1. The lowest BCUT2D eigenvalue weighted by molar-refractivity contribution is 0.103. The van der Waals surface area contributed by atoms with Crippen LogP contribution in [0, 0.1) is 5.41 Å². The molecule has 0 bridgehead atoms. The van der Waals surface area contributed by atoms with Gasteiger partial charge in [-0.2, -0.15) is 4.98 Å². The van der Waals surface area contributed by atoms with Gasteiger partial charge in [-0.05, 0) is 31.9 Å². The van der Waals surface area contributed by atoms with Gasteiger partial charge in [0.2, 0.25) is 5.88 Å². The van der Waals surface area contributed by atoms with Crippen molar-refractivity contribution in [1.29, 1.82) is 5.41 Å². The Morgan fingerprint density at radius 1 is 1.31 bits per heavy atom. The van der Waals surface area contributed by atoms with Crippen LogP contribution in [0.25, 0.3) is 0 Å². The topological polar surface area (TPSA) is 121 Å². The van der Waals surface area contributed by atoms with E-state index in [0.29, 0.717) is 34.3 Å². The fourth-order valence-corrected chi connectivity index (χ4v) is 8.70. The highest BCUT2D eigenvalue weighted by molar-refractivity contribution is 7.93. The van der Waals surface area contributed by atoms with Crippen LogP contribution in [0.2, 0.25) is 5.02 Å². The largest absolute Gasteiger partial charge is 0.481 e. The number of ether oxygens (including phenoxy) is 1. The first-order chi connectivity index (χ1) is 15.1. The van der Waals surface area contributed by atoms with Crippen molar-refractivity contribution in [3.63, 3.8) is 0 Å². The summed E-state index contributed by atoms with van der Waals surface area (Å²) in [7, 11) is -2.11. The van der Waals surface area contributed by atoms with E-state index in [0.717, 1.165) is 30.6 Å². The van der Waals surface area contributed by atoms with Gasteiger partial charge in [-0.1, -0.05) is 36.9 Å². The van der Waals surface area contributed by atoms with Gasteiger partial charge in [0, 0.05) is 6.07 Å². The van der Waals surface area contributed by atoms with E-state index >= 15 is 0 Å². The van der Waals surface area contributed by atoms with Crippen LogP contribution >= 0.6 is 22.9 Å². The maximum Gasteiger partial charge on any atom is 0.266 e. The molecule has 1 saturated heterocycles. The van der Waals surface area contributed by atoms with E-state index in [4.69, 9.17) is 21.7 Å². The first-order valence-corrected chi connectivity index (χ1v) is 13.2. The second-order valence-electron chi connectivity index (χ2n) is 8.45.